The van der Waals surface area contributed by atoms with Gasteiger partial charge in [-0.25, -0.2) is 9.78 Å². The minimum atomic E-state index is -0.909. The van der Waals surface area contributed by atoms with Crippen LogP contribution in [0.3, 0.4) is 0 Å². The molecule has 0 saturated carbocycles. The molecular formula is C29H27ClN4O4. The van der Waals surface area contributed by atoms with Gasteiger partial charge in [0.2, 0.25) is 0 Å². The molecule has 2 heterocycles. The van der Waals surface area contributed by atoms with Crippen molar-refractivity contribution in [2.45, 2.75) is 32.4 Å². The van der Waals surface area contributed by atoms with Gasteiger partial charge in [-0.1, -0.05) is 36.4 Å². The van der Waals surface area contributed by atoms with E-state index in [1.54, 1.807) is 36.4 Å². The number of carbonyl (C=O) groups excluding carboxylic acids is 1. The Labute approximate surface area is 224 Å². The average Bonchev–Trinajstić information content (AvgIpc) is 3.53. The lowest BCUT2D eigenvalue weighted by Crippen LogP contribution is -2.21. The molecule has 0 bridgehead atoms. The maximum absolute atomic E-state index is 13.2. The lowest BCUT2D eigenvalue weighted by Gasteiger charge is -2.17. The van der Waals surface area contributed by atoms with Crippen molar-refractivity contribution in [3.63, 3.8) is 0 Å². The van der Waals surface area contributed by atoms with E-state index in [0.29, 0.717) is 45.5 Å². The maximum atomic E-state index is 13.2. The second-order valence-corrected chi connectivity index (χ2v) is 9.61. The number of carboxylic acid groups (broad SMARTS) is 1. The topological polar surface area (TPSA) is 105 Å². The Morgan fingerprint density at radius 2 is 2.00 bits per heavy atom. The molecule has 3 N–H and O–H groups in total. The fourth-order valence-corrected chi connectivity index (χ4v) is 5.19. The summed E-state index contributed by atoms with van der Waals surface area (Å²) < 4.78 is 7.21. The molecule has 0 saturated heterocycles. The Hall–Kier alpha value is -4.14. The van der Waals surface area contributed by atoms with E-state index in [0.717, 1.165) is 35.2 Å². The Bertz CT molecular complexity index is 1590. The van der Waals surface area contributed by atoms with E-state index in [1.165, 1.54) is 7.11 Å². The highest BCUT2D eigenvalue weighted by Gasteiger charge is 2.26. The summed E-state index contributed by atoms with van der Waals surface area (Å²) in [6.45, 7) is 6.30. The van der Waals surface area contributed by atoms with Gasteiger partial charge in [-0.05, 0) is 66.8 Å². The Morgan fingerprint density at radius 1 is 1.21 bits per heavy atom. The maximum Gasteiger partial charge on any atom is 0.335 e. The summed E-state index contributed by atoms with van der Waals surface area (Å²) in [5.41, 5.74) is 6.14. The van der Waals surface area contributed by atoms with Crippen LogP contribution in [-0.4, -0.2) is 33.5 Å². The number of para-hydroxylation sites is 1. The number of benzene rings is 2. The van der Waals surface area contributed by atoms with Crippen molar-refractivity contribution in [1.29, 1.82) is 0 Å². The van der Waals surface area contributed by atoms with E-state index in [-0.39, 0.29) is 11.9 Å². The van der Waals surface area contributed by atoms with Crippen molar-refractivity contribution in [1.82, 2.24) is 14.7 Å². The first-order chi connectivity index (χ1) is 18.3. The fraction of sp³-hybridized carbons (Fsp3) is 0.207. The van der Waals surface area contributed by atoms with Crippen LogP contribution >= 0.6 is 11.6 Å². The summed E-state index contributed by atoms with van der Waals surface area (Å²) in [6.07, 6.45) is 3.49. The monoisotopic (exact) mass is 530 g/mol. The van der Waals surface area contributed by atoms with Gasteiger partial charge in [-0.3, -0.25) is 4.79 Å². The van der Waals surface area contributed by atoms with Gasteiger partial charge >= 0.3 is 5.97 Å². The minimum Gasteiger partial charge on any atom is -0.495 e. The molecular weight excluding hydrogens is 504 g/mol. The van der Waals surface area contributed by atoms with Crippen LogP contribution in [0.2, 0.25) is 5.02 Å². The summed E-state index contributed by atoms with van der Waals surface area (Å²) >= 11 is 6.23. The smallest absolute Gasteiger partial charge is 0.335 e. The van der Waals surface area contributed by atoms with Crippen molar-refractivity contribution in [3.8, 4) is 0 Å². The van der Waals surface area contributed by atoms with E-state index in [4.69, 9.17) is 16.3 Å². The summed E-state index contributed by atoms with van der Waals surface area (Å²) in [5.74, 6) is -0.856. The van der Waals surface area contributed by atoms with Crippen molar-refractivity contribution < 1.29 is 19.4 Å². The van der Waals surface area contributed by atoms with Crippen molar-refractivity contribution in [2.75, 3.05) is 12.4 Å². The third-order valence-corrected chi connectivity index (χ3v) is 7.38. The number of aromatic nitrogens is 2. The van der Waals surface area contributed by atoms with E-state index >= 15 is 0 Å². The number of hydrogen-bond acceptors (Lipinski definition) is 5. The van der Waals surface area contributed by atoms with Gasteiger partial charge in [0, 0.05) is 24.5 Å². The molecule has 2 aromatic carbocycles. The standard InChI is InChI=1S/C29H27ClN4O4/c1-16-19-10-11-24(21(19)9-8-20(16)29(36)37)31-15-18-14-26(17(2)38-3)32-27-22(12-13-34(18)27)28(35)33-25-7-5-4-6-23(25)30/h4-9,12-14,24,31H,2,10-11,15H2,1,3H3,(H,33,35)(H,36,37)/t24-/m0/s1. The van der Waals surface area contributed by atoms with E-state index in [9.17, 15) is 14.7 Å². The number of carboxylic acids is 1. The van der Waals surface area contributed by atoms with E-state index in [2.05, 4.69) is 22.2 Å². The second-order valence-electron chi connectivity index (χ2n) is 9.20. The van der Waals surface area contributed by atoms with Crippen molar-refractivity contribution in [2.24, 2.45) is 0 Å². The number of hydrogen-bond donors (Lipinski definition) is 3. The average molecular weight is 531 g/mol. The predicted molar refractivity (Wildman–Crippen MR) is 147 cm³/mol. The minimum absolute atomic E-state index is 0.0717. The molecule has 1 amide bonds. The zero-order valence-electron chi connectivity index (χ0n) is 21.0. The van der Waals surface area contributed by atoms with Crippen LogP contribution in [0.15, 0.2) is 61.3 Å². The van der Waals surface area contributed by atoms with Gasteiger partial charge in [-0.2, -0.15) is 0 Å². The number of rotatable bonds is 8. The van der Waals surface area contributed by atoms with Gasteiger partial charge < -0.3 is 24.9 Å². The molecule has 4 aromatic rings. The number of fused-ring (bicyclic) bond motifs is 2. The highest BCUT2D eigenvalue weighted by molar-refractivity contribution is 6.34. The van der Waals surface area contributed by atoms with Crippen LogP contribution in [-0.2, 0) is 17.7 Å². The molecule has 9 heteroatoms. The molecule has 2 aromatic heterocycles. The number of nitrogens with one attached hydrogen (secondary N) is 2. The Kier molecular flexibility index (Phi) is 6.93. The van der Waals surface area contributed by atoms with E-state index in [1.807, 2.05) is 29.7 Å². The lowest BCUT2D eigenvalue weighted by atomic mass is 9.98. The van der Waals surface area contributed by atoms with Gasteiger partial charge in [0.15, 0.2) is 5.65 Å². The number of amides is 1. The number of anilines is 1. The number of carbonyl (C=O) groups is 2. The van der Waals surface area contributed by atoms with Crippen LogP contribution in [0.5, 0.6) is 0 Å². The normalized spacial score (nSPS) is 14.3. The number of methoxy groups -OCH3 is 1. The SMILES string of the molecule is C=C(OC)c1cc(CN[C@H]2CCc3c2ccc(C(=O)O)c3C)n2ccc(C(=O)Nc3ccccc3Cl)c2n1. The summed E-state index contributed by atoms with van der Waals surface area (Å²) in [4.78, 5) is 29.4. The molecule has 0 fully saturated rings. The molecule has 1 aliphatic rings. The first-order valence-corrected chi connectivity index (χ1v) is 12.6. The largest absolute Gasteiger partial charge is 0.495 e. The fourth-order valence-electron chi connectivity index (χ4n) is 5.01. The molecule has 5 rings (SSSR count). The first kappa shape index (κ1) is 25.5. The van der Waals surface area contributed by atoms with Crippen LogP contribution in [0.1, 0.15) is 61.3 Å². The molecule has 8 nitrogen and oxygen atoms in total. The van der Waals surface area contributed by atoms with Gasteiger partial charge in [-0.15, -0.1) is 0 Å². The van der Waals surface area contributed by atoms with Crippen LogP contribution in [0.25, 0.3) is 11.4 Å². The molecule has 38 heavy (non-hydrogen) atoms. The van der Waals surface area contributed by atoms with Gasteiger partial charge in [0.1, 0.15) is 11.5 Å². The van der Waals surface area contributed by atoms with E-state index < -0.39 is 5.97 Å². The molecule has 194 valence electrons. The summed E-state index contributed by atoms with van der Waals surface area (Å²) in [5, 5.41) is 16.4. The molecule has 0 unspecified atom stereocenters. The van der Waals surface area contributed by atoms with Gasteiger partial charge in [0.05, 0.1) is 28.9 Å². The number of aromatic carboxylic acids is 1. The molecule has 1 atom stereocenters. The highest BCUT2D eigenvalue weighted by atomic mass is 35.5. The second kappa shape index (κ2) is 10.3. The molecule has 0 aliphatic heterocycles. The van der Waals surface area contributed by atoms with Crippen LogP contribution in [0, 0.1) is 6.92 Å². The Balaban J connectivity index is 1.45. The zero-order chi connectivity index (χ0) is 27.0. The van der Waals surface area contributed by atoms with Crippen molar-refractivity contribution in [3.05, 3.63) is 106 Å². The lowest BCUT2D eigenvalue weighted by molar-refractivity contribution is 0.0695. The third-order valence-electron chi connectivity index (χ3n) is 7.05. The van der Waals surface area contributed by atoms with Gasteiger partial charge in [0.25, 0.3) is 5.91 Å². The summed E-state index contributed by atoms with van der Waals surface area (Å²) in [7, 11) is 1.53. The molecule has 0 radical (unpaired) electrons. The number of halogens is 1. The zero-order valence-corrected chi connectivity index (χ0v) is 21.8. The third kappa shape index (κ3) is 4.64. The molecule has 0 spiro atoms. The first-order valence-electron chi connectivity index (χ1n) is 12.2. The highest BCUT2D eigenvalue weighted by Crippen LogP contribution is 2.35. The van der Waals surface area contributed by atoms with Crippen LogP contribution in [0.4, 0.5) is 5.69 Å². The van der Waals surface area contributed by atoms with Crippen molar-refractivity contribution >= 4 is 40.6 Å². The molecule has 1 aliphatic carbocycles. The predicted octanol–water partition coefficient (Wildman–Crippen LogP) is 5.64. The Morgan fingerprint density at radius 3 is 2.74 bits per heavy atom. The van der Waals surface area contributed by atoms with Crippen LogP contribution < -0.4 is 10.6 Å². The number of nitrogens with zero attached hydrogens (tertiary/aromatic N) is 2. The number of ether oxygens (including phenoxy) is 1. The summed E-state index contributed by atoms with van der Waals surface area (Å²) in [6, 6.07) is 14.3. The quantitative estimate of drug-likeness (QED) is 0.255.